The van der Waals surface area contributed by atoms with Crippen LogP contribution in [0, 0.1) is 5.92 Å². The minimum Gasteiger partial charge on any atom is -0.299 e. The predicted octanol–water partition coefficient (Wildman–Crippen LogP) is 1.71. The second-order valence-electron chi connectivity index (χ2n) is 4.33. The van der Waals surface area contributed by atoms with Crippen LogP contribution in [0.1, 0.15) is 38.3 Å². The van der Waals surface area contributed by atoms with Crippen molar-refractivity contribution in [1.29, 1.82) is 0 Å². The van der Waals surface area contributed by atoms with E-state index in [1.165, 1.54) is 12.8 Å². The van der Waals surface area contributed by atoms with E-state index in [1.807, 2.05) is 0 Å². The minimum atomic E-state index is 0.121. The molecule has 3 heteroatoms. The molecule has 2 rings (SSSR count). The summed E-state index contributed by atoms with van der Waals surface area (Å²) in [5, 5.41) is 3.18. The van der Waals surface area contributed by atoms with Gasteiger partial charge in [-0.15, -0.1) is 0 Å². The van der Waals surface area contributed by atoms with Gasteiger partial charge in [-0.05, 0) is 18.8 Å². The quantitative estimate of drug-likeness (QED) is 0.755. The second-order valence-corrected chi connectivity index (χ2v) is 4.33. The van der Waals surface area contributed by atoms with Crippen molar-refractivity contribution >= 4 is 0 Å². The molecule has 0 radical (unpaired) electrons. The maximum Gasteiger partial charge on any atom is 0.266 e. The van der Waals surface area contributed by atoms with Crippen molar-refractivity contribution in [2.75, 3.05) is 0 Å². The fourth-order valence-electron chi connectivity index (χ4n) is 1.56. The van der Waals surface area contributed by atoms with Crippen LogP contribution in [-0.2, 0) is 6.54 Å². The molecule has 0 saturated heterocycles. The minimum absolute atomic E-state index is 0.121. The first-order chi connectivity index (χ1) is 6.16. The molecule has 0 spiro atoms. The zero-order valence-electron chi connectivity index (χ0n) is 8.21. The molecule has 0 aromatic carbocycles. The van der Waals surface area contributed by atoms with E-state index in [2.05, 4.69) is 18.9 Å². The highest BCUT2D eigenvalue weighted by molar-refractivity contribution is 5.12. The predicted molar refractivity (Wildman–Crippen MR) is 51.9 cm³/mol. The van der Waals surface area contributed by atoms with Crippen LogP contribution in [0.5, 0.6) is 0 Å². The van der Waals surface area contributed by atoms with E-state index in [0.29, 0.717) is 11.8 Å². The molecular weight excluding hydrogens is 164 g/mol. The summed E-state index contributed by atoms with van der Waals surface area (Å²) in [5.74, 6) is 1.16. The molecule has 0 bridgehead atoms. The summed E-state index contributed by atoms with van der Waals surface area (Å²) in [6, 6.07) is 1.75. The van der Waals surface area contributed by atoms with Gasteiger partial charge in [-0.2, -0.15) is 0 Å². The molecule has 0 amide bonds. The van der Waals surface area contributed by atoms with E-state index in [9.17, 15) is 4.79 Å². The molecule has 0 aliphatic heterocycles. The summed E-state index contributed by atoms with van der Waals surface area (Å²) in [6.07, 6.45) is 2.48. The Hall–Kier alpha value is -0.990. The summed E-state index contributed by atoms with van der Waals surface area (Å²) in [6.45, 7) is 5.03. The number of aromatic nitrogens is 2. The molecule has 1 aromatic rings. The Morgan fingerprint density at radius 3 is 2.85 bits per heavy atom. The summed E-state index contributed by atoms with van der Waals surface area (Å²) < 4.78 is 1.72. The van der Waals surface area contributed by atoms with Crippen LogP contribution in [0.15, 0.2) is 10.9 Å². The van der Waals surface area contributed by atoms with Gasteiger partial charge < -0.3 is 0 Å². The van der Waals surface area contributed by atoms with Gasteiger partial charge in [-0.1, -0.05) is 13.8 Å². The van der Waals surface area contributed by atoms with Gasteiger partial charge in [0.05, 0.1) is 0 Å². The Kier molecular flexibility index (Phi) is 2.02. The zero-order chi connectivity index (χ0) is 9.42. The molecule has 0 unspecified atom stereocenters. The average molecular weight is 180 g/mol. The Morgan fingerprint density at radius 2 is 2.31 bits per heavy atom. The van der Waals surface area contributed by atoms with Gasteiger partial charge in [0, 0.05) is 24.2 Å². The smallest absolute Gasteiger partial charge is 0.266 e. The van der Waals surface area contributed by atoms with Gasteiger partial charge >= 0.3 is 0 Å². The van der Waals surface area contributed by atoms with Gasteiger partial charge in [0.15, 0.2) is 0 Å². The number of nitrogens with zero attached hydrogens (tertiary/aromatic N) is 1. The molecule has 0 atom stereocenters. The lowest BCUT2D eigenvalue weighted by molar-refractivity contribution is 0.470. The van der Waals surface area contributed by atoms with Crippen LogP contribution in [0.4, 0.5) is 0 Å². The molecule has 1 aromatic heterocycles. The fraction of sp³-hybridized carbons (Fsp3) is 0.700. The number of nitrogens with one attached hydrogen (secondary N) is 1. The van der Waals surface area contributed by atoms with E-state index in [1.54, 1.807) is 10.7 Å². The van der Waals surface area contributed by atoms with Crippen molar-refractivity contribution in [1.82, 2.24) is 9.78 Å². The molecule has 72 valence electrons. The lowest BCUT2D eigenvalue weighted by Gasteiger charge is -2.04. The fourth-order valence-corrected chi connectivity index (χ4v) is 1.56. The Morgan fingerprint density at radius 1 is 1.62 bits per heavy atom. The summed E-state index contributed by atoms with van der Waals surface area (Å²) in [5.41, 5.74) is 1.25. The first-order valence-corrected chi connectivity index (χ1v) is 4.96. The number of rotatable bonds is 3. The van der Waals surface area contributed by atoms with Crippen LogP contribution in [-0.4, -0.2) is 9.78 Å². The molecule has 13 heavy (non-hydrogen) atoms. The molecular formula is C10H16N2O. The highest BCUT2D eigenvalue weighted by Crippen LogP contribution is 2.38. The molecule has 3 nitrogen and oxygen atoms in total. The largest absolute Gasteiger partial charge is 0.299 e. The Labute approximate surface area is 77.7 Å². The maximum absolute atomic E-state index is 11.4. The monoisotopic (exact) mass is 180 g/mol. The topological polar surface area (TPSA) is 37.8 Å². The Bertz CT molecular complexity index is 344. The SMILES string of the molecule is CC(C)Cn1[nH]c(C2CC2)cc1=O. The van der Waals surface area contributed by atoms with E-state index in [0.717, 1.165) is 12.2 Å². The molecule has 1 saturated carbocycles. The van der Waals surface area contributed by atoms with Gasteiger partial charge in [0.25, 0.3) is 5.56 Å². The summed E-state index contributed by atoms with van der Waals surface area (Å²) in [4.78, 5) is 11.4. The van der Waals surface area contributed by atoms with Crippen molar-refractivity contribution < 1.29 is 0 Å². The molecule has 1 aliphatic carbocycles. The third-order valence-electron chi connectivity index (χ3n) is 2.37. The van der Waals surface area contributed by atoms with Gasteiger partial charge in [0.1, 0.15) is 0 Å². The van der Waals surface area contributed by atoms with E-state index >= 15 is 0 Å². The van der Waals surface area contributed by atoms with E-state index in [-0.39, 0.29) is 5.56 Å². The first kappa shape index (κ1) is 8.60. The molecule has 1 fully saturated rings. The lowest BCUT2D eigenvalue weighted by Crippen LogP contribution is -2.18. The van der Waals surface area contributed by atoms with Gasteiger partial charge in [0.2, 0.25) is 0 Å². The first-order valence-electron chi connectivity index (χ1n) is 4.96. The van der Waals surface area contributed by atoms with Crippen molar-refractivity contribution in [2.24, 2.45) is 5.92 Å². The molecule has 1 heterocycles. The normalized spacial score (nSPS) is 16.8. The third kappa shape index (κ3) is 1.85. The Balaban J connectivity index is 2.20. The van der Waals surface area contributed by atoms with Crippen LogP contribution in [0.2, 0.25) is 0 Å². The number of hydrogen-bond acceptors (Lipinski definition) is 1. The third-order valence-corrected chi connectivity index (χ3v) is 2.37. The maximum atomic E-state index is 11.4. The summed E-state index contributed by atoms with van der Waals surface area (Å²) in [7, 11) is 0. The van der Waals surface area contributed by atoms with E-state index < -0.39 is 0 Å². The number of aromatic amines is 1. The van der Waals surface area contributed by atoms with Crippen molar-refractivity contribution in [2.45, 2.75) is 39.2 Å². The van der Waals surface area contributed by atoms with Gasteiger partial charge in [-0.3, -0.25) is 14.6 Å². The molecule has 1 aliphatic rings. The summed E-state index contributed by atoms with van der Waals surface area (Å²) >= 11 is 0. The number of hydrogen-bond donors (Lipinski definition) is 1. The lowest BCUT2D eigenvalue weighted by atomic mass is 10.2. The second kappa shape index (κ2) is 3.05. The highest BCUT2D eigenvalue weighted by Gasteiger charge is 2.25. The van der Waals surface area contributed by atoms with Crippen LogP contribution in [0.3, 0.4) is 0 Å². The van der Waals surface area contributed by atoms with Crippen LogP contribution in [0.25, 0.3) is 0 Å². The standard InChI is InChI=1S/C10H16N2O/c1-7(2)6-12-10(13)5-9(11-12)8-3-4-8/h5,7-8,11H,3-4,6H2,1-2H3. The number of H-pyrrole nitrogens is 1. The highest BCUT2D eigenvalue weighted by atomic mass is 16.1. The van der Waals surface area contributed by atoms with Crippen molar-refractivity contribution in [3.8, 4) is 0 Å². The van der Waals surface area contributed by atoms with Crippen molar-refractivity contribution in [3.63, 3.8) is 0 Å². The van der Waals surface area contributed by atoms with Crippen molar-refractivity contribution in [3.05, 3.63) is 22.1 Å². The van der Waals surface area contributed by atoms with E-state index in [4.69, 9.17) is 0 Å². The van der Waals surface area contributed by atoms with Crippen LogP contribution < -0.4 is 5.56 Å². The zero-order valence-corrected chi connectivity index (χ0v) is 8.21. The molecule has 1 N–H and O–H groups in total. The average Bonchev–Trinajstić information content (AvgIpc) is 2.79. The van der Waals surface area contributed by atoms with Crippen LogP contribution >= 0.6 is 0 Å². The van der Waals surface area contributed by atoms with Gasteiger partial charge in [-0.25, -0.2) is 0 Å².